The van der Waals surface area contributed by atoms with Gasteiger partial charge in [0.05, 0.1) is 22.6 Å². The summed E-state index contributed by atoms with van der Waals surface area (Å²) < 4.78 is 27.2. The Balaban J connectivity index is 2.14. The van der Waals surface area contributed by atoms with Crippen LogP contribution >= 0.6 is 11.3 Å². The molecule has 0 aliphatic carbocycles. The lowest BCUT2D eigenvalue weighted by Crippen LogP contribution is -2.24. The van der Waals surface area contributed by atoms with Gasteiger partial charge < -0.3 is 5.32 Å². The Morgan fingerprint density at radius 2 is 2.19 bits per heavy atom. The highest BCUT2D eigenvalue weighted by Gasteiger charge is 2.15. The number of nitrogens with zero attached hydrogens (tertiary/aromatic N) is 1. The van der Waals surface area contributed by atoms with Crippen molar-refractivity contribution in [2.24, 2.45) is 0 Å². The van der Waals surface area contributed by atoms with Gasteiger partial charge in [-0.05, 0) is 31.2 Å². The third kappa shape index (κ3) is 4.34. The second-order valence-corrected chi connectivity index (χ2v) is 7.14. The summed E-state index contributed by atoms with van der Waals surface area (Å²) >= 11 is 1.44. The molecule has 7 heteroatoms. The van der Waals surface area contributed by atoms with E-state index in [0.29, 0.717) is 0 Å². The molecule has 0 saturated heterocycles. The fraction of sp³-hybridized carbons (Fsp3) is 0.357. The predicted octanol–water partition coefficient (Wildman–Crippen LogP) is 2.29. The summed E-state index contributed by atoms with van der Waals surface area (Å²) in [5.74, 6) is 0. The molecule has 0 amide bonds. The van der Waals surface area contributed by atoms with Crippen LogP contribution in [0.5, 0.6) is 0 Å². The van der Waals surface area contributed by atoms with E-state index in [2.05, 4.69) is 15.0 Å². The molecule has 1 unspecified atom stereocenters. The van der Waals surface area contributed by atoms with Crippen molar-refractivity contribution in [3.63, 3.8) is 0 Å². The minimum atomic E-state index is -3.52. The Kier molecular flexibility index (Phi) is 5.46. The zero-order valence-corrected chi connectivity index (χ0v) is 13.7. The van der Waals surface area contributed by atoms with Crippen LogP contribution in [0.15, 0.2) is 40.1 Å². The lowest BCUT2D eigenvalue weighted by Gasteiger charge is -2.14. The van der Waals surface area contributed by atoms with Crippen LogP contribution in [0, 0.1) is 0 Å². The fourth-order valence-corrected chi connectivity index (χ4v) is 3.56. The Morgan fingerprint density at radius 3 is 2.86 bits per heavy atom. The highest BCUT2D eigenvalue weighted by molar-refractivity contribution is 7.89. The molecular formula is C14H19N3O2S2. The van der Waals surface area contributed by atoms with Gasteiger partial charge in [0, 0.05) is 11.4 Å². The first-order chi connectivity index (χ1) is 10.0. The molecule has 0 fully saturated rings. The average molecular weight is 325 g/mol. The number of hydrogen-bond donors (Lipinski definition) is 2. The smallest absolute Gasteiger partial charge is 0.240 e. The van der Waals surface area contributed by atoms with Gasteiger partial charge >= 0.3 is 0 Å². The van der Waals surface area contributed by atoms with Gasteiger partial charge in [-0.25, -0.2) is 18.1 Å². The Morgan fingerprint density at radius 1 is 1.38 bits per heavy atom. The fourth-order valence-electron chi connectivity index (χ4n) is 1.95. The maximum absolute atomic E-state index is 12.3. The summed E-state index contributed by atoms with van der Waals surface area (Å²) in [5.41, 5.74) is 3.36. The molecule has 2 aromatic rings. The van der Waals surface area contributed by atoms with Gasteiger partial charge in [0.25, 0.3) is 0 Å². The molecule has 114 valence electrons. The standard InChI is InChI=1S/C14H19N3O2S2/c1-3-15-11(2)12-5-4-6-14(7-12)21(18,19)17-8-13-9-20-10-16-13/h4-7,9-11,15,17H,3,8H2,1-2H3. The highest BCUT2D eigenvalue weighted by Crippen LogP contribution is 2.17. The maximum Gasteiger partial charge on any atom is 0.240 e. The van der Waals surface area contributed by atoms with Crippen LogP contribution in [-0.4, -0.2) is 19.9 Å². The molecule has 1 atom stereocenters. The molecule has 5 nitrogen and oxygen atoms in total. The maximum atomic E-state index is 12.3. The Labute approximate surface area is 129 Å². The normalized spacial score (nSPS) is 13.2. The third-order valence-electron chi connectivity index (χ3n) is 3.11. The Bertz CT molecular complexity index is 669. The molecule has 0 aliphatic rings. The number of rotatable bonds is 7. The summed E-state index contributed by atoms with van der Waals surface area (Å²) in [6, 6.07) is 7.11. The van der Waals surface area contributed by atoms with Crippen molar-refractivity contribution in [2.75, 3.05) is 6.54 Å². The van der Waals surface area contributed by atoms with E-state index in [9.17, 15) is 8.42 Å². The number of sulfonamides is 1. The van der Waals surface area contributed by atoms with Crippen molar-refractivity contribution < 1.29 is 8.42 Å². The molecular weight excluding hydrogens is 306 g/mol. The number of aromatic nitrogens is 1. The first-order valence-corrected chi connectivity index (χ1v) is 9.15. The zero-order valence-electron chi connectivity index (χ0n) is 12.0. The van der Waals surface area contributed by atoms with E-state index >= 15 is 0 Å². The summed E-state index contributed by atoms with van der Waals surface area (Å²) in [4.78, 5) is 4.34. The Hall–Kier alpha value is -1.28. The van der Waals surface area contributed by atoms with Crippen molar-refractivity contribution in [3.8, 4) is 0 Å². The van der Waals surface area contributed by atoms with Crippen LogP contribution in [0.25, 0.3) is 0 Å². The van der Waals surface area contributed by atoms with E-state index in [4.69, 9.17) is 0 Å². The molecule has 1 aromatic carbocycles. The van der Waals surface area contributed by atoms with E-state index in [1.807, 2.05) is 25.3 Å². The average Bonchev–Trinajstić information content (AvgIpc) is 2.99. The van der Waals surface area contributed by atoms with Gasteiger partial charge in [-0.1, -0.05) is 19.1 Å². The number of benzene rings is 1. The summed E-state index contributed by atoms with van der Waals surface area (Å²) in [6.07, 6.45) is 0. The molecule has 0 aliphatic heterocycles. The largest absolute Gasteiger partial charge is 0.310 e. The second-order valence-electron chi connectivity index (χ2n) is 4.66. The van der Waals surface area contributed by atoms with Gasteiger partial charge in [0.2, 0.25) is 10.0 Å². The molecule has 1 heterocycles. The molecule has 21 heavy (non-hydrogen) atoms. The number of thiazole rings is 1. The van der Waals surface area contributed by atoms with E-state index in [1.54, 1.807) is 23.7 Å². The number of hydrogen-bond acceptors (Lipinski definition) is 5. The van der Waals surface area contributed by atoms with Crippen LogP contribution in [-0.2, 0) is 16.6 Å². The van der Waals surface area contributed by atoms with Crippen LogP contribution in [0.1, 0.15) is 31.1 Å². The highest BCUT2D eigenvalue weighted by atomic mass is 32.2. The van der Waals surface area contributed by atoms with E-state index in [1.165, 1.54) is 11.3 Å². The van der Waals surface area contributed by atoms with E-state index in [-0.39, 0.29) is 17.5 Å². The number of nitrogens with one attached hydrogen (secondary N) is 2. The van der Waals surface area contributed by atoms with Gasteiger partial charge in [0.1, 0.15) is 0 Å². The van der Waals surface area contributed by atoms with Crippen LogP contribution in [0.3, 0.4) is 0 Å². The molecule has 2 rings (SSSR count). The minimum absolute atomic E-state index is 0.115. The van der Waals surface area contributed by atoms with E-state index < -0.39 is 10.0 Å². The first-order valence-electron chi connectivity index (χ1n) is 6.73. The van der Waals surface area contributed by atoms with Gasteiger partial charge in [-0.2, -0.15) is 0 Å². The topological polar surface area (TPSA) is 71.1 Å². The second kappa shape index (κ2) is 7.13. The monoisotopic (exact) mass is 325 g/mol. The third-order valence-corrected chi connectivity index (χ3v) is 5.14. The summed E-state index contributed by atoms with van der Waals surface area (Å²) in [6.45, 7) is 5.07. The van der Waals surface area contributed by atoms with E-state index in [0.717, 1.165) is 17.8 Å². The molecule has 0 bridgehead atoms. The lowest BCUT2D eigenvalue weighted by molar-refractivity contribution is 0.578. The molecule has 0 radical (unpaired) electrons. The molecule has 0 saturated carbocycles. The SMILES string of the molecule is CCNC(C)c1cccc(S(=O)(=O)NCc2cscn2)c1. The van der Waals surface area contributed by atoms with Crippen molar-refractivity contribution in [1.82, 2.24) is 15.0 Å². The minimum Gasteiger partial charge on any atom is -0.310 e. The van der Waals surface area contributed by atoms with Crippen molar-refractivity contribution >= 4 is 21.4 Å². The molecule has 0 spiro atoms. The lowest BCUT2D eigenvalue weighted by atomic mass is 10.1. The van der Waals surface area contributed by atoms with Crippen LogP contribution in [0.4, 0.5) is 0 Å². The predicted molar refractivity (Wildman–Crippen MR) is 84.7 cm³/mol. The van der Waals surface area contributed by atoms with Crippen molar-refractivity contribution in [1.29, 1.82) is 0 Å². The van der Waals surface area contributed by atoms with Crippen LogP contribution in [0.2, 0.25) is 0 Å². The first kappa shape index (κ1) is 16.1. The van der Waals surface area contributed by atoms with Gasteiger partial charge in [-0.3, -0.25) is 0 Å². The zero-order chi connectivity index (χ0) is 15.3. The quantitative estimate of drug-likeness (QED) is 0.819. The van der Waals surface area contributed by atoms with Gasteiger partial charge in [-0.15, -0.1) is 11.3 Å². The van der Waals surface area contributed by atoms with Crippen molar-refractivity contribution in [3.05, 3.63) is 46.4 Å². The summed E-state index contributed by atoms with van der Waals surface area (Å²) in [7, 11) is -3.52. The van der Waals surface area contributed by atoms with Crippen LogP contribution < -0.4 is 10.0 Å². The summed E-state index contributed by atoms with van der Waals surface area (Å²) in [5, 5.41) is 5.10. The molecule has 1 aromatic heterocycles. The van der Waals surface area contributed by atoms with Crippen molar-refractivity contribution in [2.45, 2.75) is 31.3 Å². The molecule has 2 N–H and O–H groups in total. The van der Waals surface area contributed by atoms with Gasteiger partial charge in [0.15, 0.2) is 0 Å².